The lowest BCUT2D eigenvalue weighted by Crippen LogP contribution is -2.56. The van der Waals surface area contributed by atoms with Crippen molar-refractivity contribution >= 4 is 23.9 Å². The van der Waals surface area contributed by atoms with Crippen LogP contribution in [0.4, 0.5) is 4.79 Å². The van der Waals surface area contributed by atoms with Gasteiger partial charge in [-0.2, -0.15) is 0 Å². The van der Waals surface area contributed by atoms with Crippen LogP contribution >= 0.6 is 0 Å². The molecule has 9 heteroatoms. The molecule has 2 rings (SSSR count). The third-order valence-corrected chi connectivity index (χ3v) is 7.45. The fraction of sp³-hybridized carbons (Fsp3) is 0.526. The van der Waals surface area contributed by atoms with Gasteiger partial charge in [-0.3, -0.25) is 9.59 Å². The minimum Gasteiger partial charge on any atom is -0.458 e. The minimum atomic E-state index is -1.21. The number of amides is 3. The van der Waals surface area contributed by atoms with Gasteiger partial charge in [0, 0.05) is 18.5 Å². The molecule has 0 bridgehead atoms. The van der Waals surface area contributed by atoms with Crippen molar-refractivity contribution in [2.24, 2.45) is 5.92 Å². The highest BCUT2D eigenvalue weighted by atomic mass is 16.6. The van der Waals surface area contributed by atoms with Crippen LogP contribution in [0.3, 0.4) is 0 Å². The van der Waals surface area contributed by atoms with Crippen LogP contribution < -0.4 is 10.6 Å². The largest absolute Gasteiger partial charge is 0.458 e. The van der Waals surface area contributed by atoms with Gasteiger partial charge in [0.15, 0.2) is 0 Å². The van der Waals surface area contributed by atoms with E-state index in [1.165, 1.54) is 4.90 Å². The molecule has 0 saturated heterocycles. The molecule has 2 aromatic carbocycles. The summed E-state index contributed by atoms with van der Waals surface area (Å²) in [6, 6.07) is 13.0. The van der Waals surface area contributed by atoms with E-state index in [0.29, 0.717) is 24.0 Å². The van der Waals surface area contributed by atoms with Gasteiger partial charge in [0.2, 0.25) is 11.8 Å². The Hall–Kier alpha value is -4.32. The summed E-state index contributed by atoms with van der Waals surface area (Å²) in [6.07, 6.45) is 7.23. The number of hydrogen-bond donors (Lipinski definition) is 2. The topological polar surface area (TPSA) is 114 Å². The second-order valence-corrected chi connectivity index (χ2v) is 13.8. The Bertz CT molecular complexity index is 1390. The molecule has 0 fully saturated rings. The predicted molar refractivity (Wildman–Crippen MR) is 184 cm³/mol. The van der Waals surface area contributed by atoms with Gasteiger partial charge in [-0.15, -0.1) is 6.42 Å². The van der Waals surface area contributed by atoms with Gasteiger partial charge >= 0.3 is 12.1 Å². The van der Waals surface area contributed by atoms with E-state index in [2.05, 4.69) is 16.6 Å². The molecule has 4 unspecified atom stereocenters. The van der Waals surface area contributed by atoms with Gasteiger partial charge in [0.25, 0.3) is 0 Å². The molecule has 2 N–H and O–H groups in total. The van der Waals surface area contributed by atoms with Crippen molar-refractivity contribution in [2.75, 3.05) is 6.54 Å². The van der Waals surface area contributed by atoms with Crippen LogP contribution in [-0.2, 0) is 30.3 Å². The van der Waals surface area contributed by atoms with Crippen LogP contribution in [0, 0.1) is 18.3 Å². The molecule has 0 radical (unpaired) electrons. The molecule has 3 amide bonds. The zero-order chi connectivity index (χ0) is 35.4. The Labute approximate surface area is 281 Å². The molecule has 256 valence electrons. The van der Waals surface area contributed by atoms with E-state index >= 15 is 0 Å². The highest BCUT2D eigenvalue weighted by molar-refractivity contribution is 5.94. The van der Waals surface area contributed by atoms with Crippen molar-refractivity contribution in [2.45, 2.75) is 117 Å². The van der Waals surface area contributed by atoms with Crippen molar-refractivity contribution in [3.8, 4) is 12.3 Å². The Morgan fingerprint density at radius 1 is 0.872 bits per heavy atom. The maximum absolute atomic E-state index is 14.6. The second-order valence-electron chi connectivity index (χ2n) is 13.8. The fourth-order valence-corrected chi connectivity index (χ4v) is 4.98. The monoisotopic (exact) mass is 647 g/mol. The summed E-state index contributed by atoms with van der Waals surface area (Å²) < 4.78 is 11.2. The summed E-state index contributed by atoms with van der Waals surface area (Å²) >= 11 is 0. The lowest BCUT2D eigenvalue weighted by molar-refractivity contribution is -0.159. The molecular weight excluding hydrogens is 594 g/mol. The molecular formula is C38H53N3O6. The maximum Gasteiger partial charge on any atom is 0.408 e. The van der Waals surface area contributed by atoms with E-state index in [1.807, 2.05) is 51.1 Å². The molecule has 4 atom stereocenters. The van der Waals surface area contributed by atoms with Crippen LogP contribution in [0.5, 0.6) is 0 Å². The Balaban J connectivity index is 2.68. The van der Waals surface area contributed by atoms with Crippen molar-refractivity contribution in [3.05, 3.63) is 71.3 Å². The van der Waals surface area contributed by atoms with Gasteiger partial charge in [-0.25, -0.2) is 9.59 Å². The average Bonchev–Trinajstić information content (AvgIpc) is 2.99. The first-order chi connectivity index (χ1) is 22.0. The first kappa shape index (κ1) is 38.9. The number of terminal acetylenes is 1. The number of alkyl carbamates (subject to hydrolysis) is 1. The van der Waals surface area contributed by atoms with E-state index in [4.69, 9.17) is 15.9 Å². The molecule has 0 spiro atoms. The number of benzene rings is 2. The molecule has 2 aromatic rings. The number of esters is 1. The molecule has 0 aliphatic carbocycles. The normalized spacial score (nSPS) is 14.0. The molecule has 0 aromatic heterocycles. The quantitative estimate of drug-likeness (QED) is 0.183. The smallest absolute Gasteiger partial charge is 0.408 e. The fourth-order valence-electron chi connectivity index (χ4n) is 4.98. The molecule has 0 saturated carbocycles. The lowest BCUT2D eigenvalue weighted by atomic mass is 9.93. The summed E-state index contributed by atoms with van der Waals surface area (Å²) in [7, 11) is 0. The number of nitrogens with one attached hydrogen (secondary N) is 2. The van der Waals surface area contributed by atoms with Gasteiger partial charge < -0.3 is 25.0 Å². The van der Waals surface area contributed by atoms with E-state index in [0.717, 1.165) is 12.0 Å². The van der Waals surface area contributed by atoms with E-state index in [-0.39, 0.29) is 18.9 Å². The number of nitrogens with zero attached hydrogens (tertiary/aromatic N) is 1. The van der Waals surface area contributed by atoms with Gasteiger partial charge in [-0.1, -0.05) is 88.1 Å². The minimum absolute atomic E-state index is 0.170. The molecule has 0 aliphatic heterocycles. The zero-order valence-electron chi connectivity index (χ0n) is 29.5. The van der Waals surface area contributed by atoms with Crippen molar-refractivity contribution < 1.29 is 28.7 Å². The molecule has 0 heterocycles. The summed E-state index contributed by atoms with van der Waals surface area (Å²) in [5, 5.41) is 5.69. The number of rotatable bonds is 14. The summed E-state index contributed by atoms with van der Waals surface area (Å²) in [6.45, 7) is 16.5. The van der Waals surface area contributed by atoms with Crippen LogP contribution in [0.2, 0.25) is 0 Å². The summed E-state index contributed by atoms with van der Waals surface area (Å²) in [5.74, 6) is 0.704. The second kappa shape index (κ2) is 17.6. The maximum atomic E-state index is 14.6. The lowest BCUT2D eigenvalue weighted by Gasteiger charge is -2.37. The van der Waals surface area contributed by atoms with Crippen molar-refractivity contribution in [1.82, 2.24) is 15.5 Å². The first-order valence-corrected chi connectivity index (χ1v) is 16.4. The molecule has 0 aliphatic rings. The van der Waals surface area contributed by atoms with E-state index in [9.17, 15) is 19.2 Å². The van der Waals surface area contributed by atoms with Crippen molar-refractivity contribution in [3.63, 3.8) is 0 Å². The van der Waals surface area contributed by atoms with E-state index in [1.54, 1.807) is 65.8 Å². The van der Waals surface area contributed by atoms with Gasteiger partial charge in [-0.05, 0) is 71.1 Å². The Morgan fingerprint density at radius 2 is 1.47 bits per heavy atom. The number of hydrogen-bond acceptors (Lipinski definition) is 6. The Kier molecular flexibility index (Phi) is 14.5. The van der Waals surface area contributed by atoms with Gasteiger partial charge in [0.1, 0.15) is 29.3 Å². The highest BCUT2D eigenvalue weighted by Crippen LogP contribution is 2.28. The van der Waals surface area contributed by atoms with Crippen LogP contribution in [0.1, 0.15) is 104 Å². The van der Waals surface area contributed by atoms with Crippen LogP contribution in [0.25, 0.3) is 0 Å². The molecule has 47 heavy (non-hydrogen) atoms. The number of unbranched alkanes of at least 4 members (excludes halogenated alkanes) is 1. The van der Waals surface area contributed by atoms with Crippen LogP contribution in [-0.4, -0.2) is 58.6 Å². The molecule has 9 nitrogen and oxygen atoms in total. The highest BCUT2D eigenvalue weighted by Gasteiger charge is 2.40. The van der Waals surface area contributed by atoms with E-state index < -0.39 is 53.2 Å². The summed E-state index contributed by atoms with van der Waals surface area (Å²) in [5.41, 5.74) is 0.102. The third kappa shape index (κ3) is 12.4. The first-order valence-electron chi connectivity index (χ1n) is 16.4. The third-order valence-electron chi connectivity index (χ3n) is 7.45. The number of carbonyl (C=O) groups is 4. The Morgan fingerprint density at radius 3 is 2.02 bits per heavy atom. The van der Waals surface area contributed by atoms with Crippen LogP contribution in [0.15, 0.2) is 54.6 Å². The number of carbonyl (C=O) groups excluding carboxylic acids is 4. The summed E-state index contributed by atoms with van der Waals surface area (Å²) in [4.78, 5) is 57.1. The zero-order valence-corrected chi connectivity index (χ0v) is 29.5. The SMILES string of the molecule is C#Cc1ccccc1C(C(=O)NC(Cc1ccccc1)C(=O)OC(C)(C)C)N(CCCC)C(=O)C(NC(=O)OC(C)(C)C)C(C)CC. The van der Waals surface area contributed by atoms with Gasteiger partial charge in [0.05, 0.1) is 0 Å². The predicted octanol–water partition coefficient (Wildman–Crippen LogP) is 6.35. The standard InChI is InChI=1S/C38H53N3O6/c1-11-14-24-41(34(43)31(26(4)12-2)40-36(45)47-38(8,9)10)32(29-23-19-18-22-28(29)13-3)33(42)39-30(35(44)46-37(5,6)7)25-27-20-16-15-17-21-27/h3,15-23,26,30-32H,11-12,14,24-25H2,1-2,4-10H3,(H,39,42)(H,40,45). The average molecular weight is 648 g/mol. The number of ether oxygens (including phenoxy) is 2. The van der Waals surface area contributed by atoms with Crippen molar-refractivity contribution in [1.29, 1.82) is 0 Å².